The summed E-state index contributed by atoms with van der Waals surface area (Å²) < 4.78 is 32.2. The van der Waals surface area contributed by atoms with E-state index in [0.29, 0.717) is 9.33 Å². The lowest BCUT2D eigenvalue weighted by atomic mass is 10.2. The molecule has 0 bridgehead atoms. The summed E-state index contributed by atoms with van der Waals surface area (Å²) in [4.78, 5) is 14.8. The van der Waals surface area contributed by atoms with E-state index in [4.69, 9.17) is 9.52 Å². The fraction of sp³-hybridized carbons (Fsp3) is 0.167. The number of carbonyl (C=O) groups is 1. The summed E-state index contributed by atoms with van der Waals surface area (Å²) in [7, 11) is -3.84. The lowest BCUT2D eigenvalue weighted by molar-refractivity contribution is 0.0695. The molecule has 0 amide bonds. The minimum atomic E-state index is -3.84. The van der Waals surface area contributed by atoms with E-state index in [0.717, 1.165) is 6.07 Å². The number of carboxylic acids is 1. The number of rotatable bonds is 5. The third-order valence-corrected chi connectivity index (χ3v) is 4.90. The van der Waals surface area contributed by atoms with Crippen molar-refractivity contribution in [3.05, 3.63) is 45.2 Å². The van der Waals surface area contributed by atoms with Crippen molar-refractivity contribution in [2.75, 3.05) is 0 Å². The highest BCUT2D eigenvalue weighted by Gasteiger charge is 2.18. The van der Waals surface area contributed by atoms with Gasteiger partial charge in [-0.15, -0.1) is 0 Å². The molecule has 0 fully saturated rings. The summed E-state index contributed by atoms with van der Waals surface area (Å²) in [5.74, 6) is -0.369. The molecule has 1 aromatic carbocycles. The van der Waals surface area contributed by atoms with Gasteiger partial charge in [-0.25, -0.2) is 22.9 Å². The molecule has 1 aromatic heterocycles. The molecule has 9 heteroatoms. The SMILES string of the molecule is Cc1cnc(CNS(=O)(=O)c2ccc(I)c(C(=O)O)c2)o1. The van der Waals surface area contributed by atoms with E-state index in [1.807, 2.05) is 22.6 Å². The lowest BCUT2D eigenvalue weighted by Gasteiger charge is -2.07. The Morgan fingerprint density at radius 1 is 1.48 bits per heavy atom. The largest absolute Gasteiger partial charge is 0.478 e. The minimum Gasteiger partial charge on any atom is -0.478 e. The number of aryl methyl sites for hydroxylation is 1. The third-order valence-electron chi connectivity index (χ3n) is 2.56. The minimum absolute atomic E-state index is 0.0644. The number of oxazole rings is 1. The van der Waals surface area contributed by atoms with Crippen LogP contribution in [0.15, 0.2) is 33.7 Å². The van der Waals surface area contributed by atoms with Gasteiger partial charge in [-0.05, 0) is 47.7 Å². The van der Waals surface area contributed by atoms with Gasteiger partial charge in [-0.2, -0.15) is 0 Å². The van der Waals surface area contributed by atoms with Crippen LogP contribution in [0.4, 0.5) is 0 Å². The van der Waals surface area contributed by atoms with E-state index >= 15 is 0 Å². The highest BCUT2D eigenvalue weighted by Crippen LogP contribution is 2.18. The van der Waals surface area contributed by atoms with Crippen molar-refractivity contribution in [1.82, 2.24) is 9.71 Å². The van der Waals surface area contributed by atoms with E-state index in [1.165, 1.54) is 18.3 Å². The first-order valence-corrected chi connectivity index (χ1v) is 8.29. The summed E-state index contributed by atoms with van der Waals surface area (Å²) in [5.41, 5.74) is -0.0644. The van der Waals surface area contributed by atoms with Crippen LogP contribution < -0.4 is 4.72 Å². The monoisotopic (exact) mass is 422 g/mol. The average molecular weight is 422 g/mol. The molecule has 0 unspecified atom stereocenters. The van der Waals surface area contributed by atoms with Crippen LogP contribution in [-0.2, 0) is 16.6 Å². The standard InChI is InChI=1S/C12H11IN2O5S/c1-7-5-14-11(20-7)6-15-21(18,19)8-2-3-10(13)9(4-8)12(16)17/h2-5,15H,6H2,1H3,(H,16,17). The zero-order chi connectivity index (χ0) is 15.6. The van der Waals surface area contributed by atoms with Gasteiger partial charge in [-0.3, -0.25) is 0 Å². The summed E-state index contributed by atoms with van der Waals surface area (Å²) in [6.45, 7) is 1.59. The maximum atomic E-state index is 12.1. The molecule has 2 aromatic rings. The molecule has 112 valence electrons. The van der Waals surface area contributed by atoms with Crippen molar-refractivity contribution >= 4 is 38.6 Å². The number of benzene rings is 1. The number of carboxylic acid groups (broad SMARTS) is 1. The van der Waals surface area contributed by atoms with Gasteiger partial charge in [0.1, 0.15) is 5.76 Å². The normalized spacial score (nSPS) is 11.5. The maximum Gasteiger partial charge on any atom is 0.336 e. The van der Waals surface area contributed by atoms with Gasteiger partial charge in [0.15, 0.2) is 0 Å². The molecular weight excluding hydrogens is 411 g/mol. The summed E-state index contributed by atoms with van der Waals surface area (Å²) in [6.07, 6.45) is 1.48. The molecule has 2 rings (SSSR count). The van der Waals surface area contributed by atoms with Gasteiger partial charge >= 0.3 is 5.97 Å². The quantitative estimate of drug-likeness (QED) is 0.711. The fourth-order valence-electron chi connectivity index (χ4n) is 1.56. The van der Waals surface area contributed by atoms with Crippen LogP contribution >= 0.6 is 22.6 Å². The number of aromatic nitrogens is 1. The van der Waals surface area contributed by atoms with E-state index in [-0.39, 0.29) is 22.9 Å². The highest BCUT2D eigenvalue weighted by atomic mass is 127. The van der Waals surface area contributed by atoms with Crippen LogP contribution in [-0.4, -0.2) is 24.5 Å². The van der Waals surface area contributed by atoms with Crippen molar-refractivity contribution in [2.24, 2.45) is 0 Å². The lowest BCUT2D eigenvalue weighted by Crippen LogP contribution is -2.23. The van der Waals surface area contributed by atoms with Gasteiger partial charge in [-0.1, -0.05) is 0 Å². The first-order valence-electron chi connectivity index (χ1n) is 5.73. The predicted molar refractivity (Wildman–Crippen MR) is 81.4 cm³/mol. The van der Waals surface area contributed by atoms with Gasteiger partial charge in [0.2, 0.25) is 15.9 Å². The van der Waals surface area contributed by atoms with Gasteiger partial charge < -0.3 is 9.52 Å². The zero-order valence-corrected chi connectivity index (χ0v) is 13.8. The van der Waals surface area contributed by atoms with Crippen molar-refractivity contribution in [2.45, 2.75) is 18.4 Å². The van der Waals surface area contributed by atoms with E-state index in [1.54, 1.807) is 6.92 Å². The molecule has 21 heavy (non-hydrogen) atoms. The van der Waals surface area contributed by atoms with Crippen molar-refractivity contribution in [1.29, 1.82) is 0 Å². The van der Waals surface area contributed by atoms with Crippen LogP contribution in [0.3, 0.4) is 0 Å². The number of hydrogen-bond acceptors (Lipinski definition) is 5. The van der Waals surface area contributed by atoms with Gasteiger partial charge in [0.25, 0.3) is 0 Å². The molecule has 2 N–H and O–H groups in total. The summed E-state index contributed by atoms with van der Waals surface area (Å²) >= 11 is 1.83. The fourth-order valence-corrected chi connectivity index (χ4v) is 3.13. The maximum absolute atomic E-state index is 12.1. The van der Waals surface area contributed by atoms with Gasteiger partial charge in [0, 0.05) is 3.57 Å². The Balaban J connectivity index is 2.23. The van der Waals surface area contributed by atoms with Crippen LogP contribution in [0.1, 0.15) is 22.0 Å². The van der Waals surface area contributed by atoms with Crippen LogP contribution in [0.25, 0.3) is 0 Å². The van der Waals surface area contributed by atoms with Crippen molar-refractivity contribution in [3.63, 3.8) is 0 Å². The topological polar surface area (TPSA) is 110 Å². The van der Waals surface area contributed by atoms with E-state index in [9.17, 15) is 13.2 Å². The molecular formula is C12H11IN2O5S. The molecule has 0 aliphatic heterocycles. The Morgan fingerprint density at radius 2 is 2.19 bits per heavy atom. The van der Waals surface area contributed by atoms with Gasteiger partial charge in [0.05, 0.1) is 23.2 Å². The number of nitrogens with zero attached hydrogens (tertiary/aromatic N) is 1. The molecule has 0 spiro atoms. The smallest absolute Gasteiger partial charge is 0.336 e. The molecule has 0 aliphatic carbocycles. The molecule has 0 saturated carbocycles. The highest BCUT2D eigenvalue weighted by molar-refractivity contribution is 14.1. The molecule has 1 heterocycles. The summed E-state index contributed by atoms with van der Waals surface area (Å²) in [6, 6.07) is 3.90. The molecule has 7 nitrogen and oxygen atoms in total. The van der Waals surface area contributed by atoms with E-state index in [2.05, 4.69) is 9.71 Å². The molecule has 0 saturated heterocycles. The average Bonchev–Trinajstić information content (AvgIpc) is 2.82. The third kappa shape index (κ3) is 3.80. The molecule has 0 radical (unpaired) electrons. The first-order chi connectivity index (χ1) is 9.79. The zero-order valence-electron chi connectivity index (χ0n) is 10.8. The van der Waals surface area contributed by atoms with Crippen LogP contribution in [0, 0.1) is 10.5 Å². The Hall–Kier alpha value is -1.46. The number of nitrogens with one attached hydrogen (secondary N) is 1. The van der Waals surface area contributed by atoms with Crippen molar-refractivity contribution < 1.29 is 22.7 Å². The number of halogens is 1. The molecule has 0 aliphatic rings. The Labute approximate surface area is 134 Å². The van der Waals surface area contributed by atoms with Crippen LogP contribution in [0.5, 0.6) is 0 Å². The number of sulfonamides is 1. The van der Waals surface area contributed by atoms with Crippen molar-refractivity contribution in [3.8, 4) is 0 Å². The second-order valence-corrected chi connectivity index (χ2v) is 7.07. The number of hydrogen-bond donors (Lipinski definition) is 2. The first kappa shape index (κ1) is 15.9. The van der Waals surface area contributed by atoms with E-state index < -0.39 is 16.0 Å². The predicted octanol–water partition coefficient (Wildman–Crippen LogP) is 1.76. The molecule has 0 atom stereocenters. The Morgan fingerprint density at radius 3 is 2.76 bits per heavy atom. The summed E-state index contributed by atoms with van der Waals surface area (Å²) in [5, 5.41) is 9.02. The second kappa shape index (κ2) is 6.12. The Bertz CT molecular complexity index is 785. The number of aromatic carboxylic acids is 1. The second-order valence-electron chi connectivity index (χ2n) is 4.14. The van der Waals surface area contributed by atoms with Crippen LogP contribution in [0.2, 0.25) is 0 Å². The Kier molecular flexibility index (Phi) is 4.64.